The smallest absolute Gasteiger partial charge is 0.185 e. The van der Waals surface area contributed by atoms with E-state index in [0.717, 1.165) is 5.01 Å². The fourth-order valence-corrected chi connectivity index (χ4v) is 4.69. The lowest BCUT2D eigenvalue weighted by atomic mass is 10.3. The van der Waals surface area contributed by atoms with Crippen molar-refractivity contribution >= 4 is 42.8 Å². The van der Waals surface area contributed by atoms with Gasteiger partial charge in [0.1, 0.15) is 0 Å². The summed E-state index contributed by atoms with van der Waals surface area (Å²) in [7, 11) is -3.41. The van der Waals surface area contributed by atoms with Gasteiger partial charge in [0.25, 0.3) is 0 Å². The van der Waals surface area contributed by atoms with Gasteiger partial charge in [0.15, 0.2) is 9.84 Å². The largest absolute Gasteiger partial charge is 0.399 e. The summed E-state index contributed by atoms with van der Waals surface area (Å²) in [5.41, 5.74) is 6.68. The molecular weight excluding hydrogens is 336 g/mol. The molecule has 0 spiro atoms. The Balaban J connectivity index is 2.36. The van der Waals surface area contributed by atoms with Crippen LogP contribution < -0.4 is 5.73 Å². The molecular formula is C11H11BrN2O2S2. The van der Waals surface area contributed by atoms with Crippen LogP contribution in [-0.4, -0.2) is 13.4 Å². The molecule has 18 heavy (non-hydrogen) atoms. The average Bonchev–Trinajstić information content (AvgIpc) is 2.62. The zero-order chi connectivity index (χ0) is 13.3. The summed E-state index contributed by atoms with van der Waals surface area (Å²) in [5, 5.41) is 2.62. The second-order valence-electron chi connectivity index (χ2n) is 3.81. The van der Waals surface area contributed by atoms with Crippen molar-refractivity contribution < 1.29 is 8.42 Å². The molecule has 0 radical (unpaired) electrons. The van der Waals surface area contributed by atoms with E-state index in [2.05, 4.69) is 20.9 Å². The minimum Gasteiger partial charge on any atom is -0.399 e. The van der Waals surface area contributed by atoms with Crippen LogP contribution in [0.5, 0.6) is 0 Å². The van der Waals surface area contributed by atoms with Crippen LogP contribution in [0.3, 0.4) is 0 Å². The molecule has 0 aliphatic carbocycles. The van der Waals surface area contributed by atoms with Crippen molar-refractivity contribution in [1.29, 1.82) is 0 Å². The van der Waals surface area contributed by atoms with Gasteiger partial charge in [0.2, 0.25) is 0 Å². The van der Waals surface area contributed by atoms with Gasteiger partial charge >= 0.3 is 0 Å². The third kappa shape index (κ3) is 2.90. The molecule has 0 unspecified atom stereocenters. The fourth-order valence-electron chi connectivity index (χ4n) is 1.52. The molecule has 0 saturated heterocycles. The second kappa shape index (κ2) is 4.99. The fraction of sp³-hybridized carbons (Fsp3) is 0.182. The van der Waals surface area contributed by atoms with Gasteiger partial charge in [-0.3, -0.25) is 0 Å². The van der Waals surface area contributed by atoms with Gasteiger partial charge in [-0.05, 0) is 41.1 Å². The molecule has 0 aliphatic heterocycles. The maximum Gasteiger partial charge on any atom is 0.185 e. The van der Waals surface area contributed by atoms with E-state index in [1.165, 1.54) is 17.4 Å². The summed E-state index contributed by atoms with van der Waals surface area (Å²) in [6.07, 6.45) is 0. The molecule has 2 rings (SSSR count). The molecule has 1 heterocycles. The second-order valence-corrected chi connectivity index (χ2v) is 7.68. The highest BCUT2D eigenvalue weighted by Gasteiger charge is 2.19. The number of hydrogen-bond acceptors (Lipinski definition) is 5. The van der Waals surface area contributed by atoms with E-state index >= 15 is 0 Å². The van der Waals surface area contributed by atoms with Crippen LogP contribution in [0.25, 0.3) is 0 Å². The van der Waals surface area contributed by atoms with E-state index in [1.54, 1.807) is 17.5 Å². The number of aromatic nitrogens is 1. The van der Waals surface area contributed by atoms with Crippen LogP contribution >= 0.6 is 27.3 Å². The molecule has 0 saturated carbocycles. The molecule has 0 bridgehead atoms. The van der Waals surface area contributed by atoms with Gasteiger partial charge in [-0.25, -0.2) is 13.4 Å². The Bertz CT molecular complexity index is 680. The molecule has 0 aliphatic rings. The van der Waals surface area contributed by atoms with Crippen molar-refractivity contribution in [1.82, 2.24) is 4.98 Å². The maximum atomic E-state index is 12.2. The van der Waals surface area contributed by atoms with Crippen LogP contribution in [0.15, 0.2) is 32.9 Å². The van der Waals surface area contributed by atoms with Crippen molar-refractivity contribution in [3.8, 4) is 0 Å². The monoisotopic (exact) mass is 346 g/mol. The summed E-state index contributed by atoms with van der Waals surface area (Å²) < 4.78 is 25.0. The first kappa shape index (κ1) is 13.5. The lowest BCUT2D eigenvalue weighted by Gasteiger charge is -2.06. The standard InChI is InChI=1S/C11H11BrN2O2S2/c1-7-14-9(5-17-7)6-18(15,16)11-3-2-8(13)4-10(11)12/h2-5H,6,13H2,1H3. The molecule has 1 aromatic heterocycles. The maximum absolute atomic E-state index is 12.2. The normalized spacial score (nSPS) is 11.7. The summed E-state index contributed by atoms with van der Waals surface area (Å²) in [5.74, 6) is -0.0974. The number of anilines is 1. The van der Waals surface area contributed by atoms with E-state index in [1.807, 2.05) is 6.92 Å². The Morgan fingerprint density at radius 3 is 2.72 bits per heavy atom. The van der Waals surface area contributed by atoms with E-state index in [4.69, 9.17) is 5.73 Å². The number of thiazole rings is 1. The highest BCUT2D eigenvalue weighted by molar-refractivity contribution is 9.10. The summed E-state index contributed by atoms with van der Waals surface area (Å²) in [4.78, 5) is 4.41. The molecule has 2 aromatic rings. The number of aryl methyl sites for hydroxylation is 1. The lowest BCUT2D eigenvalue weighted by molar-refractivity contribution is 0.594. The van der Waals surface area contributed by atoms with Gasteiger partial charge < -0.3 is 5.73 Å². The Morgan fingerprint density at radius 1 is 1.44 bits per heavy atom. The first-order chi connectivity index (χ1) is 8.38. The summed E-state index contributed by atoms with van der Waals surface area (Å²) >= 11 is 4.66. The molecule has 7 heteroatoms. The number of nitrogens with zero attached hydrogens (tertiary/aromatic N) is 1. The van der Waals surface area contributed by atoms with Gasteiger partial charge in [0, 0.05) is 15.5 Å². The molecule has 0 atom stereocenters. The van der Waals surface area contributed by atoms with E-state index in [0.29, 0.717) is 15.9 Å². The number of hydrogen-bond donors (Lipinski definition) is 1. The highest BCUT2D eigenvalue weighted by atomic mass is 79.9. The third-order valence-electron chi connectivity index (χ3n) is 2.30. The van der Waals surface area contributed by atoms with E-state index in [-0.39, 0.29) is 10.6 Å². The summed E-state index contributed by atoms with van der Waals surface area (Å²) in [6, 6.07) is 4.66. The minimum absolute atomic E-state index is 0.0974. The lowest BCUT2D eigenvalue weighted by Crippen LogP contribution is -2.06. The van der Waals surface area contributed by atoms with E-state index in [9.17, 15) is 8.42 Å². The molecule has 1 aromatic carbocycles. The van der Waals surface area contributed by atoms with Crippen molar-refractivity contribution in [2.45, 2.75) is 17.6 Å². The van der Waals surface area contributed by atoms with Crippen LogP contribution in [-0.2, 0) is 15.6 Å². The predicted octanol–water partition coefficient (Wildman–Crippen LogP) is 2.77. The summed E-state index contributed by atoms with van der Waals surface area (Å²) in [6.45, 7) is 1.85. The Hall–Kier alpha value is -0.920. The highest BCUT2D eigenvalue weighted by Crippen LogP contribution is 2.27. The van der Waals surface area contributed by atoms with Crippen LogP contribution in [0.2, 0.25) is 0 Å². The Kier molecular flexibility index (Phi) is 3.74. The third-order valence-corrected chi connectivity index (χ3v) is 5.74. The van der Waals surface area contributed by atoms with Gasteiger partial charge in [-0.15, -0.1) is 11.3 Å². The van der Waals surface area contributed by atoms with Crippen molar-refractivity contribution in [2.75, 3.05) is 5.73 Å². The molecule has 4 nitrogen and oxygen atoms in total. The van der Waals surface area contributed by atoms with Gasteiger partial charge in [0.05, 0.1) is 21.3 Å². The zero-order valence-electron chi connectivity index (χ0n) is 9.55. The van der Waals surface area contributed by atoms with Crippen molar-refractivity contribution in [2.24, 2.45) is 0 Å². The van der Waals surface area contributed by atoms with Crippen LogP contribution in [0, 0.1) is 6.92 Å². The number of sulfone groups is 1. The van der Waals surface area contributed by atoms with Gasteiger partial charge in [-0.1, -0.05) is 0 Å². The average molecular weight is 347 g/mol. The Labute approximate surface area is 118 Å². The molecule has 0 amide bonds. The topological polar surface area (TPSA) is 73.0 Å². The minimum atomic E-state index is -3.41. The van der Waals surface area contributed by atoms with E-state index < -0.39 is 9.84 Å². The number of nitrogen functional groups attached to an aromatic ring is 1. The number of benzene rings is 1. The zero-order valence-corrected chi connectivity index (χ0v) is 12.8. The Morgan fingerprint density at radius 2 is 2.17 bits per heavy atom. The van der Waals surface area contributed by atoms with Crippen LogP contribution in [0.4, 0.5) is 5.69 Å². The first-order valence-electron chi connectivity index (χ1n) is 5.07. The molecule has 0 fully saturated rings. The van der Waals surface area contributed by atoms with Crippen molar-refractivity contribution in [3.05, 3.63) is 38.8 Å². The predicted molar refractivity (Wildman–Crippen MR) is 76.3 cm³/mol. The number of rotatable bonds is 3. The first-order valence-corrected chi connectivity index (χ1v) is 8.40. The number of halogens is 1. The van der Waals surface area contributed by atoms with Gasteiger partial charge in [-0.2, -0.15) is 0 Å². The molecule has 96 valence electrons. The SMILES string of the molecule is Cc1nc(CS(=O)(=O)c2ccc(N)cc2Br)cs1. The van der Waals surface area contributed by atoms with Crippen molar-refractivity contribution in [3.63, 3.8) is 0 Å². The quantitative estimate of drug-likeness (QED) is 0.867. The van der Waals surface area contributed by atoms with Crippen LogP contribution in [0.1, 0.15) is 10.7 Å². The molecule has 2 N–H and O–H groups in total. The number of nitrogens with two attached hydrogens (primary N) is 1.